The Morgan fingerprint density at radius 2 is 1.70 bits per heavy atom. The number of alkyl halides is 3. The molecular weight excluding hydrogens is 285 g/mol. The second kappa shape index (κ2) is 7.56. The number of urea groups is 1. The molecule has 20 heavy (non-hydrogen) atoms. The van der Waals surface area contributed by atoms with Crippen LogP contribution in [0.4, 0.5) is 18.0 Å². The van der Waals surface area contributed by atoms with Crippen LogP contribution in [0.25, 0.3) is 0 Å². The highest BCUT2D eigenvalue weighted by Gasteiger charge is 2.31. The highest BCUT2D eigenvalue weighted by molar-refractivity contribution is 5.83. The lowest BCUT2D eigenvalue weighted by Gasteiger charge is -2.18. The summed E-state index contributed by atoms with van der Waals surface area (Å²) >= 11 is 0. The van der Waals surface area contributed by atoms with Crippen molar-refractivity contribution in [1.82, 2.24) is 10.6 Å². The summed E-state index contributed by atoms with van der Waals surface area (Å²) in [5.74, 6) is -2.71. The van der Waals surface area contributed by atoms with Gasteiger partial charge in [0.1, 0.15) is 6.04 Å². The van der Waals surface area contributed by atoms with Gasteiger partial charge in [0, 0.05) is 12.5 Å². The number of carboxylic acids is 2. The van der Waals surface area contributed by atoms with Gasteiger partial charge in [-0.2, -0.15) is 13.2 Å². The molecule has 0 aliphatic carbocycles. The second-order valence-electron chi connectivity index (χ2n) is 4.16. The topological polar surface area (TPSA) is 116 Å². The van der Waals surface area contributed by atoms with Gasteiger partial charge in [-0.1, -0.05) is 0 Å². The second-order valence-corrected chi connectivity index (χ2v) is 4.16. The molecule has 2 amide bonds. The first-order valence-electron chi connectivity index (χ1n) is 5.59. The van der Waals surface area contributed by atoms with Gasteiger partial charge in [-0.25, -0.2) is 9.59 Å². The van der Waals surface area contributed by atoms with Crippen LogP contribution in [-0.4, -0.2) is 46.4 Å². The summed E-state index contributed by atoms with van der Waals surface area (Å²) in [4.78, 5) is 32.3. The fourth-order valence-corrected chi connectivity index (χ4v) is 1.35. The summed E-state index contributed by atoms with van der Waals surface area (Å²) in [6.45, 7) is 1.11. The van der Waals surface area contributed by atoms with Gasteiger partial charge in [0.25, 0.3) is 0 Å². The van der Waals surface area contributed by atoms with Gasteiger partial charge in [0.15, 0.2) is 0 Å². The van der Waals surface area contributed by atoms with Crippen molar-refractivity contribution >= 4 is 18.0 Å². The predicted octanol–water partition coefficient (Wildman–Crippen LogP) is 0.944. The van der Waals surface area contributed by atoms with Crippen molar-refractivity contribution < 1.29 is 37.8 Å². The first-order valence-corrected chi connectivity index (χ1v) is 5.59. The molecule has 4 N–H and O–H groups in total. The van der Waals surface area contributed by atoms with Crippen LogP contribution in [0.2, 0.25) is 0 Å². The molecule has 2 atom stereocenters. The largest absolute Gasteiger partial charge is 0.481 e. The fourth-order valence-electron chi connectivity index (χ4n) is 1.35. The Labute approximate surface area is 112 Å². The third-order valence-electron chi connectivity index (χ3n) is 2.17. The number of halogens is 3. The zero-order chi connectivity index (χ0) is 15.9. The lowest BCUT2D eigenvalue weighted by atomic mass is 10.1. The van der Waals surface area contributed by atoms with Crippen LogP contribution in [0.3, 0.4) is 0 Å². The van der Waals surface area contributed by atoms with E-state index in [0.29, 0.717) is 0 Å². The Bertz CT molecular complexity index is 372. The molecule has 0 fully saturated rings. The maximum atomic E-state index is 12.0. The number of nitrogens with one attached hydrogen (secondary N) is 2. The van der Waals surface area contributed by atoms with Crippen molar-refractivity contribution in [2.75, 3.05) is 0 Å². The number of carboxylic acid groups (broad SMARTS) is 2. The van der Waals surface area contributed by atoms with Crippen LogP contribution in [0.1, 0.15) is 26.2 Å². The molecule has 2 unspecified atom stereocenters. The molecule has 0 bridgehead atoms. The van der Waals surface area contributed by atoms with E-state index in [0.717, 1.165) is 6.92 Å². The highest BCUT2D eigenvalue weighted by atomic mass is 19.4. The smallest absolute Gasteiger partial charge is 0.391 e. The van der Waals surface area contributed by atoms with E-state index < -0.39 is 49.1 Å². The van der Waals surface area contributed by atoms with E-state index >= 15 is 0 Å². The lowest BCUT2D eigenvalue weighted by molar-refractivity contribution is -0.141. The van der Waals surface area contributed by atoms with Gasteiger partial charge in [-0.05, 0) is 13.3 Å². The van der Waals surface area contributed by atoms with Gasteiger partial charge in [-0.3, -0.25) is 4.79 Å². The highest BCUT2D eigenvalue weighted by Crippen LogP contribution is 2.21. The van der Waals surface area contributed by atoms with Crippen molar-refractivity contribution in [2.24, 2.45) is 0 Å². The van der Waals surface area contributed by atoms with E-state index in [1.807, 2.05) is 10.6 Å². The minimum Gasteiger partial charge on any atom is -0.481 e. The maximum absolute atomic E-state index is 12.0. The monoisotopic (exact) mass is 300 g/mol. The van der Waals surface area contributed by atoms with E-state index in [2.05, 4.69) is 0 Å². The molecule has 10 heteroatoms. The quantitative estimate of drug-likeness (QED) is 0.558. The number of carbonyl (C=O) groups is 3. The van der Waals surface area contributed by atoms with Gasteiger partial charge in [0.05, 0.1) is 6.42 Å². The maximum Gasteiger partial charge on any atom is 0.391 e. The number of hydrogen-bond donors (Lipinski definition) is 4. The molecule has 0 aromatic rings. The normalized spacial score (nSPS) is 14.2. The van der Waals surface area contributed by atoms with E-state index in [9.17, 15) is 27.6 Å². The zero-order valence-electron chi connectivity index (χ0n) is 10.5. The first kappa shape index (κ1) is 18.0. The average Bonchev–Trinajstić information content (AvgIpc) is 2.20. The van der Waals surface area contributed by atoms with E-state index in [-0.39, 0.29) is 6.42 Å². The van der Waals surface area contributed by atoms with Crippen LogP contribution in [0.5, 0.6) is 0 Å². The van der Waals surface area contributed by atoms with Gasteiger partial charge in [0.2, 0.25) is 0 Å². The molecule has 0 aromatic heterocycles. The molecule has 0 saturated carbocycles. The van der Waals surface area contributed by atoms with Crippen LogP contribution < -0.4 is 10.6 Å². The van der Waals surface area contributed by atoms with Gasteiger partial charge >= 0.3 is 24.1 Å². The molecule has 0 aliphatic heterocycles. The minimum absolute atomic E-state index is 0.369. The van der Waals surface area contributed by atoms with E-state index in [1.165, 1.54) is 0 Å². The van der Waals surface area contributed by atoms with Crippen molar-refractivity contribution in [1.29, 1.82) is 0 Å². The van der Waals surface area contributed by atoms with E-state index in [4.69, 9.17) is 10.2 Å². The molecule has 0 saturated heterocycles. The van der Waals surface area contributed by atoms with Crippen molar-refractivity contribution in [2.45, 2.75) is 44.4 Å². The van der Waals surface area contributed by atoms with Crippen molar-refractivity contribution in [3.63, 3.8) is 0 Å². The zero-order valence-corrected chi connectivity index (χ0v) is 10.5. The fraction of sp³-hybridized carbons (Fsp3) is 0.700. The number of amides is 2. The number of carbonyl (C=O) groups excluding carboxylic acids is 1. The third-order valence-corrected chi connectivity index (χ3v) is 2.17. The Morgan fingerprint density at radius 1 is 1.15 bits per heavy atom. The summed E-state index contributed by atoms with van der Waals surface area (Å²) < 4.78 is 36.1. The Hall–Kier alpha value is -2.00. The first-order chi connectivity index (χ1) is 9.01. The SMILES string of the molecule is CC(CC(F)(F)F)NC(=O)NC(CCC(=O)O)C(=O)O. The molecule has 0 radical (unpaired) electrons. The minimum atomic E-state index is -4.46. The van der Waals surface area contributed by atoms with Crippen LogP contribution in [0, 0.1) is 0 Å². The summed E-state index contributed by atoms with van der Waals surface area (Å²) in [6.07, 6.45) is -6.57. The lowest BCUT2D eigenvalue weighted by Crippen LogP contribution is -2.49. The van der Waals surface area contributed by atoms with Crippen molar-refractivity contribution in [3.05, 3.63) is 0 Å². The van der Waals surface area contributed by atoms with Crippen molar-refractivity contribution in [3.8, 4) is 0 Å². The van der Waals surface area contributed by atoms with Crippen LogP contribution in [-0.2, 0) is 9.59 Å². The summed E-state index contributed by atoms with van der Waals surface area (Å²) in [7, 11) is 0. The molecule has 0 spiro atoms. The molecule has 0 rings (SSSR count). The standard InChI is InChI=1S/C10H15F3N2O5/c1-5(4-10(11,12)13)14-9(20)15-6(8(18)19)2-3-7(16)17/h5-6H,2-4H2,1H3,(H,16,17)(H,18,19)(H2,14,15,20). The molecule has 116 valence electrons. The Kier molecular flexibility index (Phi) is 6.80. The van der Waals surface area contributed by atoms with Gasteiger partial charge in [-0.15, -0.1) is 0 Å². The predicted molar refractivity (Wildman–Crippen MR) is 60.1 cm³/mol. The molecule has 0 heterocycles. The number of aliphatic carboxylic acids is 2. The molecular formula is C10H15F3N2O5. The average molecular weight is 300 g/mol. The molecule has 7 nitrogen and oxygen atoms in total. The third kappa shape index (κ3) is 9.00. The van der Waals surface area contributed by atoms with E-state index in [1.54, 1.807) is 0 Å². The summed E-state index contributed by atoms with van der Waals surface area (Å²) in [5.41, 5.74) is 0. The molecule has 0 aromatic carbocycles. The summed E-state index contributed by atoms with van der Waals surface area (Å²) in [6, 6.07) is -3.81. The Balaban J connectivity index is 4.32. The number of rotatable bonds is 7. The van der Waals surface area contributed by atoms with Crippen LogP contribution >= 0.6 is 0 Å². The van der Waals surface area contributed by atoms with Crippen LogP contribution in [0.15, 0.2) is 0 Å². The Morgan fingerprint density at radius 3 is 2.10 bits per heavy atom. The van der Waals surface area contributed by atoms with Gasteiger partial charge < -0.3 is 20.8 Å². The molecule has 0 aliphatic rings. The number of hydrogen-bond acceptors (Lipinski definition) is 3. The summed E-state index contributed by atoms with van der Waals surface area (Å²) in [5, 5.41) is 21.0.